The summed E-state index contributed by atoms with van der Waals surface area (Å²) in [5, 5.41) is 6.13. The number of pyridine rings is 1. The van der Waals surface area contributed by atoms with Gasteiger partial charge in [0, 0.05) is 56.6 Å². The second-order valence-corrected chi connectivity index (χ2v) is 18.8. The SMILES string of the molecule is CC12C=c3oc4ccccc4c3=CC1N(c1ncc(N3C4=CC=CCC4c4cc5c(cc43)C3C=CC=CC3O5)cc1C1=NC(c3ccccc3)N=C(C3C=CC=CC3)N1)C1=CC=CCC12. The molecule has 2 aromatic heterocycles. The summed E-state index contributed by atoms with van der Waals surface area (Å²) in [5.41, 5.74) is 10.7. The molecular formula is C57H46N6O2. The summed E-state index contributed by atoms with van der Waals surface area (Å²) in [6, 6.07) is 25.9. The van der Waals surface area contributed by atoms with Crippen molar-refractivity contribution >= 4 is 52.0 Å². The van der Waals surface area contributed by atoms with E-state index in [0.717, 1.165) is 80.9 Å². The molecule has 1 saturated heterocycles. The summed E-state index contributed by atoms with van der Waals surface area (Å²) >= 11 is 0. The van der Waals surface area contributed by atoms with Gasteiger partial charge in [0.15, 0.2) is 6.17 Å². The molecule has 5 aromatic rings. The van der Waals surface area contributed by atoms with E-state index >= 15 is 0 Å². The van der Waals surface area contributed by atoms with Crippen molar-refractivity contribution in [2.75, 3.05) is 9.80 Å². The van der Waals surface area contributed by atoms with Gasteiger partial charge in [0.2, 0.25) is 0 Å². The Morgan fingerprint density at radius 1 is 0.785 bits per heavy atom. The van der Waals surface area contributed by atoms with Crippen molar-refractivity contribution in [2.45, 2.75) is 56.3 Å². The van der Waals surface area contributed by atoms with Crippen LogP contribution in [0.1, 0.15) is 66.4 Å². The van der Waals surface area contributed by atoms with Crippen molar-refractivity contribution in [2.24, 2.45) is 27.2 Å². The number of allylic oxidation sites excluding steroid dienone is 13. The topological polar surface area (TPSA) is 78.5 Å². The Balaban J connectivity index is 0.989. The molecule has 8 heteroatoms. The number of nitrogens with one attached hydrogen (secondary N) is 1. The minimum absolute atomic E-state index is 0.0157. The first kappa shape index (κ1) is 37.0. The summed E-state index contributed by atoms with van der Waals surface area (Å²) in [6.07, 6.45) is 40.2. The second-order valence-electron chi connectivity index (χ2n) is 18.8. The van der Waals surface area contributed by atoms with Crippen molar-refractivity contribution in [3.63, 3.8) is 0 Å². The smallest absolute Gasteiger partial charge is 0.169 e. The average molecular weight is 847 g/mol. The fourth-order valence-electron chi connectivity index (χ4n) is 12.0. The van der Waals surface area contributed by atoms with Gasteiger partial charge in [0.05, 0.1) is 29.2 Å². The maximum Gasteiger partial charge on any atom is 0.169 e. The van der Waals surface area contributed by atoms with E-state index in [1.807, 2.05) is 0 Å². The Kier molecular flexibility index (Phi) is 7.98. The number of anilines is 3. The number of rotatable bonds is 5. The van der Waals surface area contributed by atoms with E-state index in [2.05, 4.69) is 198 Å². The number of aliphatic imine (C=N–C) groups is 2. The van der Waals surface area contributed by atoms with Gasteiger partial charge in [-0.3, -0.25) is 0 Å². The van der Waals surface area contributed by atoms with Gasteiger partial charge in [-0.15, -0.1) is 0 Å². The molecule has 5 aliphatic carbocycles. The maximum absolute atomic E-state index is 6.59. The molecule has 0 bridgehead atoms. The molecule has 0 spiro atoms. The summed E-state index contributed by atoms with van der Waals surface area (Å²) < 4.78 is 13.2. The summed E-state index contributed by atoms with van der Waals surface area (Å²) in [6.45, 7) is 2.40. The molecule has 316 valence electrons. The normalized spacial score (nSPS) is 29.2. The van der Waals surface area contributed by atoms with Crippen LogP contribution in [0.4, 0.5) is 17.2 Å². The quantitative estimate of drug-likeness (QED) is 0.190. The third kappa shape index (κ3) is 5.52. The monoisotopic (exact) mass is 846 g/mol. The van der Waals surface area contributed by atoms with E-state index in [4.69, 9.17) is 24.1 Å². The molecule has 0 radical (unpaired) electrons. The fraction of sp³-hybridized carbons (Fsp3) is 0.211. The molecule has 9 aliphatic rings. The molecule has 6 heterocycles. The van der Waals surface area contributed by atoms with Crippen LogP contribution >= 0.6 is 0 Å². The maximum atomic E-state index is 6.59. The number of fused-ring (bicyclic) bond motifs is 12. The highest BCUT2D eigenvalue weighted by molar-refractivity contribution is 6.14. The van der Waals surface area contributed by atoms with Crippen molar-refractivity contribution in [3.8, 4) is 5.75 Å². The van der Waals surface area contributed by atoms with E-state index < -0.39 is 6.17 Å². The Bertz CT molecular complexity index is 3340. The van der Waals surface area contributed by atoms with Crippen molar-refractivity contribution in [1.29, 1.82) is 0 Å². The molecule has 3 aromatic carbocycles. The number of ether oxygens (including phenoxy) is 1. The zero-order valence-electron chi connectivity index (χ0n) is 36.0. The van der Waals surface area contributed by atoms with Gasteiger partial charge in [-0.25, -0.2) is 15.0 Å². The number of furan rings is 1. The standard InChI is InChI=1S/C57H46N6O2/c1-57-32-51-42(39-22-10-15-27-49(39)65-51)31-52(57)63(46-25-13-11-23-44(46)57)56-43(55-60-53(34-16-4-2-5-17-34)59-54(61-55)35-18-6-3-7-19-35)28-36(33-58-56)62-45-24-12-8-20-37(45)40-30-50-41(29-47(40)62)38-21-9-14-26-48(38)64-50/h2-18,21-22,24-33,35,37-38,44,48,52-53H,19-20,23H2,1H3,(H,59,60,61). The molecule has 8 atom stereocenters. The molecule has 4 aliphatic heterocycles. The molecule has 8 nitrogen and oxygen atoms in total. The summed E-state index contributed by atoms with van der Waals surface area (Å²) in [5.74, 6) is 4.19. The van der Waals surface area contributed by atoms with E-state index in [1.54, 1.807) is 0 Å². The summed E-state index contributed by atoms with van der Waals surface area (Å²) in [7, 11) is 0. The van der Waals surface area contributed by atoms with E-state index in [9.17, 15) is 0 Å². The predicted molar refractivity (Wildman–Crippen MR) is 260 cm³/mol. The molecule has 0 amide bonds. The van der Waals surface area contributed by atoms with Crippen LogP contribution in [-0.2, 0) is 0 Å². The largest absolute Gasteiger partial charge is 0.485 e. The highest BCUT2D eigenvalue weighted by Gasteiger charge is 2.54. The lowest BCUT2D eigenvalue weighted by atomic mass is 9.70. The molecule has 14 rings (SSSR count). The molecule has 8 unspecified atom stereocenters. The van der Waals surface area contributed by atoms with Gasteiger partial charge in [-0.05, 0) is 85.0 Å². The minimum Gasteiger partial charge on any atom is -0.485 e. The number of hydrogen-bond acceptors (Lipinski definition) is 8. The molecule has 65 heavy (non-hydrogen) atoms. The van der Waals surface area contributed by atoms with Gasteiger partial charge < -0.3 is 24.3 Å². The van der Waals surface area contributed by atoms with Crippen LogP contribution in [0.3, 0.4) is 0 Å². The lowest BCUT2D eigenvalue weighted by Gasteiger charge is -2.35. The van der Waals surface area contributed by atoms with E-state index in [0.29, 0.717) is 0 Å². The van der Waals surface area contributed by atoms with Gasteiger partial charge in [0.1, 0.15) is 40.3 Å². The van der Waals surface area contributed by atoms with Gasteiger partial charge in [-0.2, -0.15) is 0 Å². The summed E-state index contributed by atoms with van der Waals surface area (Å²) in [4.78, 5) is 21.5. The number of amidine groups is 2. The first-order chi connectivity index (χ1) is 32.1. The Morgan fingerprint density at radius 3 is 2.52 bits per heavy atom. The molecule has 1 N–H and O–H groups in total. The first-order valence-corrected chi connectivity index (χ1v) is 23.1. The Labute approximate surface area is 377 Å². The zero-order chi connectivity index (χ0) is 42.8. The van der Waals surface area contributed by atoms with Crippen molar-refractivity contribution in [3.05, 3.63) is 208 Å². The van der Waals surface area contributed by atoms with Gasteiger partial charge >= 0.3 is 0 Å². The van der Waals surface area contributed by atoms with Crippen LogP contribution in [0.5, 0.6) is 5.75 Å². The molecular weight excluding hydrogens is 801 g/mol. The van der Waals surface area contributed by atoms with Crippen molar-refractivity contribution in [1.82, 2.24) is 10.3 Å². The van der Waals surface area contributed by atoms with Crippen LogP contribution < -0.4 is 30.5 Å². The van der Waals surface area contributed by atoms with Gasteiger partial charge in [0.25, 0.3) is 0 Å². The second kappa shape index (κ2) is 14.0. The number of hydrogen-bond donors (Lipinski definition) is 1. The average Bonchev–Trinajstić information content (AvgIpc) is 4.08. The minimum atomic E-state index is -0.433. The lowest BCUT2D eigenvalue weighted by molar-refractivity contribution is 0.268. The lowest BCUT2D eigenvalue weighted by Crippen LogP contribution is -2.45. The third-order valence-electron chi connectivity index (χ3n) is 15.2. The van der Waals surface area contributed by atoms with Crippen molar-refractivity contribution < 1.29 is 9.15 Å². The van der Waals surface area contributed by atoms with Gasteiger partial charge in [-0.1, -0.05) is 122 Å². The molecule has 1 fully saturated rings. The van der Waals surface area contributed by atoms with Crippen LogP contribution in [0.15, 0.2) is 190 Å². The van der Waals surface area contributed by atoms with Crippen LogP contribution in [0.25, 0.3) is 23.1 Å². The fourth-order valence-corrected chi connectivity index (χ4v) is 12.0. The first-order valence-electron chi connectivity index (χ1n) is 23.1. The highest BCUT2D eigenvalue weighted by Crippen LogP contribution is 2.57. The van der Waals surface area contributed by atoms with Crippen LogP contribution in [0.2, 0.25) is 0 Å². The number of aromatic nitrogens is 1. The van der Waals surface area contributed by atoms with E-state index in [1.165, 1.54) is 28.2 Å². The number of para-hydroxylation sites is 1. The predicted octanol–water partition coefficient (Wildman–Crippen LogP) is 10.4. The Morgan fingerprint density at radius 2 is 1.62 bits per heavy atom. The number of benzene rings is 3. The zero-order valence-corrected chi connectivity index (χ0v) is 36.0. The highest BCUT2D eigenvalue weighted by atomic mass is 16.5. The Hall–Kier alpha value is -7.45. The van der Waals surface area contributed by atoms with Crippen LogP contribution in [0, 0.1) is 17.3 Å². The molecule has 0 saturated carbocycles. The third-order valence-corrected chi connectivity index (χ3v) is 15.2. The van der Waals surface area contributed by atoms with Crippen LogP contribution in [-0.4, -0.2) is 28.8 Å². The number of nitrogens with zero attached hydrogens (tertiary/aromatic N) is 5. The van der Waals surface area contributed by atoms with E-state index in [-0.39, 0.29) is 41.2 Å².